The molecule has 1 heterocycles. The highest BCUT2D eigenvalue weighted by Crippen LogP contribution is 2.32. The first kappa shape index (κ1) is 18.1. The molecule has 0 amide bonds. The number of halogens is 2. The fourth-order valence-electron chi connectivity index (χ4n) is 2.97. The molecule has 1 aliphatic heterocycles. The van der Waals surface area contributed by atoms with Crippen molar-refractivity contribution in [2.45, 2.75) is 39.8 Å². The van der Waals surface area contributed by atoms with Crippen LogP contribution >= 0.6 is 0 Å². The summed E-state index contributed by atoms with van der Waals surface area (Å²) in [6.07, 6.45) is 1.57. The lowest BCUT2D eigenvalue weighted by atomic mass is 9.84. The minimum Gasteiger partial charge on any atom is -0.434 e. The van der Waals surface area contributed by atoms with Gasteiger partial charge in [0.2, 0.25) is 0 Å². The molecule has 1 saturated heterocycles. The molecule has 1 unspecified atom stereocenters. The van der Waals surface area contributed by atoms with Gasteiger partial charge in [-0.1, -0.05) is 6.07 Å². The topological polar surface area (TPSA) is 50.7 Å². The van der Waals surface area contributed by atoms with E-state index in [0.717, 1.165) is 17.5 Å². The standard InChI is InChI=1S/C17H25F2NO3/c1-12-7-14(15(8-13(12)2)23-16(18)19)9-20-10-17(3-5-21)4-6-22-11-17/h7-8,16,20-21H,3-6,9-11H2,1-2H3. The van der Waals surface area contributed by atoms with Crippen molar-refractivity contribution in [2.24, 2.45) is 5.41 Å². The number of nitrogens with one attached hydrogen (secondary N) is 1. The van der Waals surface area contributed by atoms with E-state index in [0.29, 0.717) is 38.3 Å². The third-order valence-corrected chi connectivity index (χ3v) is 4.54. The molecule has 1 atom stereocenters. The van der Waals surface area contributed by atoms with Crippen LogP contribution in [0.4, 0.5) is 8.78 Å². The van der Waals surface area contributed by atoms with Gasteiger partial charge in [0, 0.05) is 37.3 Å². The Bertz CT molecular complexity index is 517. The van der Waals surface area contributed by atoms with Crippen LogP contribution in [-0.4, -0.2) is 38.1 Å². The van der Waals surface area contributed by atoms with E-state index in [2.05, 4.69) is 10.1 Å². The number of rotatable bonds is 8. The van der Waals surface area contributed by atoms with E-state index in [1.807, 2.05) is 19.9 Å². The van der Waals surface area contributed by atoms with Crippen LogP contribution in [0.2, 0.25) is 0 Å². The van der Waals surface area contributed by atoms with Gasteiger partial charge in [0.25, 0.3) is 0 Å². The monoisotopic (exact) mass is 329 g/mol. The Balaban J connectivity index is 2.03. The van der Waals surface area contributed by atoms with Crippen molar-refractivity contribution in [1.29, 1.82) is 0 Å². The first-order valence-corrected chi connectivity index (χ1v) is 7.90. The van der Waals surface area contributed by atoms with Crippen molar-refractivity contribution in [1.82, 2.24) is 5.32 Å². The maximum atomic E-state index is 12.6. The molecule has 0 bridgehead atoms. The Morgan fingerprint density at radius 3 is 2.70 bits per heavy atom. The molecule has 1 fully saturated rings. The lowest BCUT2D eigenvalue weighted by Crippen LogP contribution is -2.35. The van der Waals surface area contributed by atoms with E-state index in [-0.39, 0.29) is 17.8 Å². The highest BCUT2D eigenvalue weighted by Gasteiger charge is 2.33. The van der Waals surface area contributed by atoms with Gasteiger partial charge in [-0.3, -0.25) is 0 Å². The average Bonchev–Trinajstić information content (AvgIpc) is 2.92. The molecule has 1 aromatic rings. The molecule has 0 aliphatic carbocycles. The van der Waals surface area contributed by atoms with Crippen LogP contribution in [0.1, 0.15) is 29.5 Å². The van der Waals surface area contributed by atoms with Crippen molar-refractivity contribution in [2.75, 3.05) is 26.4 Å². The molecule has 4 nitrogen and oxygen atoms in total. The summed E-state index contributed by atoms with van der Waals surface area (Å²) in [7, 11) is 0. The van der Waals surface area contributed by atoms with Gasteiger partial charge in [-0.25, -0.2) is 0 Å². The van der Waals surface area contributed by atoms with Gasteiger partial charge in [-0.05, 0) is 43.9 Å². The Labute approximate surface area is 135 Å². The second-order valence-electron chi connectivity index (χ2n) is 6.30. The van der Waals surface area contributed by atoms with Crippen LogP contribution in [0.3, 0.4) is 0 Å². The minimum atomic E-state index is -2.83. The van der Waals surface area contributed by atoms with E-state index in [1.165, 1.54) is 0 Å². The average molecular weight is 329 g/mol. The maximum Gasteiger partial charge on any atom is 0.387 e. The Hall–Kier alpha value is -1.24. The first-order valence-electron chi connectivity index (χ1n) is 7.90. The van der Waals surface area contributed by atoms with E-state index >= 15 is 0 Å². The lowest BCUT2D eigenvalue weighted by molar-refractivity contribution is -0.0505. The van der Waals surface area contributed by atoms with Gasteiger partial charge in [-0.2, -0.15) is 8.78 Å². The van der Waals surface area contributed by atoms with Crippen LogP contribution in [0.25, 0.3) is 0 Å². The zero-order chi connectivity index (χ0) is 16.9. The maximum absolute atomic E-state index is 12.6. The van der Waals surface area contributed by atoms with Crippen LogP contribution in [-0.2, 0) is 11.3 Å². The van der Waals surface area contributed by atoms with E-state index in [9.17, 15) is 13.9 Å². The van der Waals surface area contributed by atoms with Gasteiger partial charge in [0.15, 0.2) is 0 Å². The first-order chi connectivity index (χ1) is 11.0. The number of aliphatic hydroxyl groups is 1. The summed E-state index contributed by atoms with van der Waals surface area (Å²) in [5.74, 6) is 0.217. The number of aryl methyl sites for hydroxylation is 2. The zero-order valence-electron chi connectivity index (χ0n) is 13.7. The van der Waals surface area contributed by atoms with Gasteiger partial charge in [0.05, 0.1) is 6.61 Å². The minimum absolute atomic E-state index is 0.0712. The van der Waals surface area contributed by atoms with Gasteiger partial charge >= 0.3 is 6.61 Å². The predicted octanol–water partition coefficient (Wildman–Crippen LogP) is 2.78. The molecule has 2 rings (SSSR count). The number of aliphatic hydroxyl groups excluding tert-OH is 1. The number of alkyl halides is 2. The third-order valence-electron chi connectivity index (χ3n) is 4.54. The smallest absolute Gasteiger partial charge is 0.387 e. The molecule has 130 valence electrons. The molecule has 0 radical (unpaired) electrons. The highest BCUT2D eigenvalue weighted by molar-refractivity contribution is 5.41. The number of hydrogen-bond acceptors (Lipinski definition) is 4. The molecule has 23 heavy (non-hydrogen) atoms. The van der Waals surface area contributed by atoms with Gasteiger partial charge < -0.3 is 19.9 Å². The molecule has 2 N–H and O–H groups in total. The molecule has 1 aliphatic rings. The SMILES string of the molecule is Cc1cc(CNCC2(CCO)CCOC2)c(OC(F)F)cc1C. The van der Waals surface area contributed by atoms with Crippen LogP contribution < -0.4 is 10.1 Å². The largest absolute Gasteiger partial charge is 0.434 e. The molecule has 6 heteroatoms. The van der Waals surface area contributed by atoms with Gasteiger partial charge in [-0.15, -0.1) is 0 Å². The Morgan fingerprint density at radius 1 is 1.35 bits per heavy atom. The van der Waals surface area contributed by atoms with Crippen LogP contribution in [0.5, 0.6) is 5.75 Å². The molecule has 0 spiro atoms. The highest BCUT2D eigenvalue weighted by atomic mass is 19.3. The summed E-state index contributed by atoms with van der Waals surface area (Å²) < 4.78 is 35.2. The van der Waals surface area contributed by atoms with Crippen molar-refractivity contribution < 1.29 is 23.4 Å². The van der Waals surface area contributed by atoms with E-state index < -0.39 is 6.61 Å². The van der Waals surface area contributed by atoms with Crippen molar-refractivity contribution in [3.63, 3.8) is 0 Å². The molecule has 0 saturated carbocycles. The second-order valence-corrected chi connectivity index (χ2v) is 6.30. The normalized spacial score (nSPS) is 21.1. The summed E-state index contributed by atoms with van der Waals surface area (Å²) in [5, 5.41) is 12.5. The summed E-state index contributed by atoms with van der Waals surface area (Å²) >= 11 is 0. The Kier molecular flexibility index (Phi) is 6.33. The van der Waals surface area contributed by atoms with Crippen LogP contribution in [0, 0.1) is 19.3 Å². The predicted molar refractivity (Wildman–Crippen MR) is 83.8 cm³/mol. The fourth-order valence-corrected chi connectivity index (χ4v) is 2.97. The molecular formula is C17H25F2NO3. The number of ether oxygens (including phenoxy) is 2. The van der Waals surface area contributed by atoms with Crippen LogP contribution in [0.15, 0.2) is 12.1 Å². The molecule has 0 aromatic heterocycles. The Morgan fingerprint density at radius 2 is 2.09 bits per heavy atom. The van der Waals surface area contributed by atoms with Crippen molar-refractivity contribution >= 4 is 0 Å². The third kappa shape index (κ3) is 4.86. The zero-order valence-corrected chi connectivity index (χ0v) is 13.7. The quantitative estimate of drug-likeness (QED) is 0.770. The molecular weight excluding hydrogens is 304 g/mol. The van der Waals surface area contributed by atoms with Crippen molar-refractivity contribution in [3.05, 3.63) is 28.8 Å². The fraction of sp³-hybridized carbons (Fsp3) is 0.647. The second kappa shape index (κ2) is 8.04. The summed E-state index contributed by atoms with van der Waals surface area (Å²) in [5.41, 5.74) is 2.60. The molecule has 1 aromatic carbocycles. The summed E-state index contributed by atoms with van der Waals surface area (Å²) in [6.45, 7) is 3.54. The van der Waals surface area contributed by atoms with Crippen molar-refractivity contribution in [3.8, 4) is 5.75 Å². The summed E-state index contributed by atoms with van der Waals surface area (Å²) in [6, 6.07) is 3.53. The lowest BCUT2D eigenvalue weighted by Gasteiger charge is -2.27. The van der Waals surface area contributed by atoms with Gasteiger partial charge in [0.1, 0.15) is 5.75 Å². The van der Waals surface area contributed by atoms with E-state index in [1.54, 1.807) is 6.07 Å². The number of hydrogen-bond donors (Lipinski definition) is 2. The van der Waals surface area contributed by atoms with E-state index in [4.69, 9.17) is 4.74 Å². The summed E-state index contributed by atoms with van der Waals surface area (Å²) in [4.78, 5) is 0. The number of benzene rings is 1.